The Morgan fingerprint density at radius 2 is 2.00 bits per heavy atom. The van der Waals surface area contributed by atoms with Gasteiger partial charge >= 0.3 is 0 Å². The van der Waals surface area contributed by atoms with Gasteiger partial charge in [0.15, 0.2) is 5.11 Å². The molecule has 1 aliphatic heterocycles. The molecule has 1 N–H and O–H groups in total. The summed E-state index contributed by atoms with van der Waals surface area (Å²) < 4.78 is 6.04. The monoisotopic (exact) mass is 276 g/mol. The van der Waals surface area contributed by atoms with Gasteiger partial charge in [-0.05, 0) is 37.5 Å². The van der Waals surface area contributed by atoms with Gasteiger partial charge in [-0.2, -0.15) is 0 Å². The largest absolute Gasteiger partial charge is 0.367 e. The summed E-state index contributed by atoms with van der Waals surface area (Å²) in [5.41, 5.74) is 1.23. The van der Waals surface area contributed by atoms with Crippen LogP contribution in [0.15, 0.2) is 30.3 Å². The Morgan fingerprint density at radius 3 is 2.68 bits per heavy atom. The van der Waals surface area contributed by atoms with Gasteiger partial charge in [0.1, 0.15) is 6.10 Å². The summed E-state index contributed by atoms with van der Waals surface area (Å²) >= 11 is 5.51. The molecule has 0 spiro atoms. The molecule has 0 aromatic heterocycles. The van der Waals surface area contributed by atoms with E-state index in [1.807, 2.05) is 6.07 Å². The average molecular weight is 276 g/mol. The van der Waals surface area contributed by atoms with E-state index in [0.717, 1.165) is 18.2 Å². The van der Waals surface area contributed by atoms with Crippen molar-refractivity contribution in [3.63, 3.8) is 0 Å². The van der Waals surface area contributed by atoms with Crippen molar-refractivity contribution in [2.45, 2.75) is 38.0 Å². The third-order valence-electron chi connectivity index (χ3n) is 3.62. The maximum absolute atomic E-state index is 6.04. The molecule has 19 heavy (non-hydrogen) atoms. The third kappa shape index (κ3) is 3.25. The maximum Gasteiger partial charge on any atom is 0.169 e. The first-order valence-electron chi connectivity index (χ1n) is 6.98. The van der Waals surface area contributed by atoms with Gasteiger partial charge in [-0.25, -0.2) is 0 Å². The van der Waals surface area contributed by atoms with Crippen LogP contribution in [0.25, 0.3) is 0 Å². The molecule has 2 fully saturated rings. The molecule has 2 atom stereocenters. The van der Waals surface area contributed by atoms with Crippen LogP contribution in [0.4, 0.5) is 0 Å². The van der Waals surface area contributed by atoms with Gasteiger partial charge in [0.05, 0.1) is 12.6 Å². The van der Waals surface area contributed by atoms with Gasteiger partial charge in [0.2, 0.25) is 0 Å². The first kappa shape index (κ1) is 12.9. The molecule has 3 nitrogen and oxygen atoms in total. The highest BCUT2D eigenvalue weighted by molar-refractivity contribution is 7.80. The summed E-state index contributed by atoms with van der Waals surface area (Å²) in [7, 11) is 0. The molecule has 0 bridgehead atoms. The van der Waals surface area contributed by atoms with Crippen LogP contribution in [-0.4, -0.2) is 35.2 Å². The lowest BCUT2D eigenvalue weighted by atomic mass is 10.1. The predicted octanol–water partition coefficient (Wildman–Crippen LogP) is 2.49. The van der Waals surface area contributed by atoms with Crippen molar-refractivity contribution < 1.29 is 4.74 Å². The Morgan fingerprint density at radius 1 is 1.26 bits per heavy atom. The fraction of sp³-hybridized carbons (Fsp3) is 0.533. The van der Waals surface area contributed by atoms with Crippen LogP contribution >= 0.6 is 12.2 Å². The second-order valence-corrected chi connectivity index (χ2v) is 5.86. The summed E-state index contributed by atoms with van der Waals surface area (Å²) in [5.74, 6) is 0. The van der Waals surface area contributed by atoms with Gasteiger partial charge in [-0.3, -0.25) is 0 Å². The summed E-state index contributed by atoms with van der Waals surface area (Å²) in [4.78, 5) is 2.25. The minimum Gasteiger partial charge on any atom is -0.367 e. The average Bonchev–Trinajstić information content (AvgIpc) is 3.23. The van der Waals surface area contributed by atoms with Crippen molar-refractivity contribution in [3.8, 4) is 0 Å². The maximum atomic E-state index is 6.04. The predicted molar refractivity (Wildman–Crippen MR) is 80.1 cm³/mol. The highest BCUT2D eigenvalue weighted by atomic mass is 32.1. The molecule has 1 heterocycles. The molecule has 0 radical (unpaired) electrons. The van der Waals surface area contributed by atoms with E-state index in [0.29, 0.717) is 6.04 Å². The highest BCUT2D eigenvalue weighted by Crippen LogP contribution is 2.26. The van der Waals surface area contributed by atoms with Crippen LogP contribution in [-0.2, 0) is 4.74 Å². The number of rotatable bonds is 2. The van der Waals surface area contributed by atoms with Crippen LogP contribution in [0.3, 0.4) is 0 Å². The van der Waals surface area contributed by atoms with Crippen LogP contribution in [0.5, 0.6) is 0 Å². The van der Waals surface area contributed by atoms with Gasteiger partial charge in [0, 0.05) is 12.6 Å². The summed E-state index contributed by atoms with van der Waals surface area (Å²) in [5, 5.41) is 4.31. The number of hydrogen-bond acceptors (Lipinski definition) is 2. The first-order valence-corrected chi connectivity index (χ1v) is 7.39. The summed E-state index contributed by atoms with van der Waals surface area (Å²) in [6.07, 6.45) is 2.83. The Hall–Kier alpha value is -1.13. The Kier molecular flexibility index (Phi) is 3.71. The molecule has 0 amide bonds. The van der Waals surface area contributed by atoms with Crippen LogP contribution < -0.4 is 5.32 Å². The Bertz CT molecular complexity index is 447. The Balaban J connectivity index is 1.67. The zero-order chi connectivity index (χ0) is 13.2. The first-order chi connectivity index (χ1) is 9.22. The lowest BCUT2D eigenvalue weighted by molar-refractivity contribution is -0.0597. The van der Waals surface area contributed by atoms with E-state index in [4.69, 9.17) is 17.0 Å². The zero-order valence-electron chi connectivity index (χ0n) is 11.2. The number of thiocarbonyl (C=S) groups is 1. The molecular formula is C15H20N2OS. The molecule has 1 saturated carbocycles. The van der Waals surface area contributed by atoms with E-state index >= 15 is 0 Å². The normalized spacial score (nSPS) is 27.1. The molecular weight excluding hydrogens is 256 g/mol. The second-order valence-electron chi connectivity index (χ2n) is 5.47. The van der Waals surface area contributed by atoms with Crippen LogP contribution in [0.1, 0.15) is 31.4 Å². The van der Waals surface area contributed by atoms with E-state index in [-0.39, 0.29) is 12.2 Å². The number of benzene rings is 1. The molecule has 3 rings (SSSR count). The highest BCUT2D eigenvalue weighted by Gasteiger charge is 2.30. The van der Waals surface area contributed by atoms with Crippen molar-refractivity contribution in [1.82, 2.24) is 10.2 Å². The number of nitrogens with zero attached hydrogens (tertiary/aromatic N) is 1. The van der Waals surface area contributed by atoms with E-state index < -0.39 is 0 Å². The smallest absolute Gasteiger partial charge is 0.169 e. The van der Waals surface area contributed by atoms with Crippen molar-refractivity contribution in [1.29, 1.82) is 0 Å². The SMILES string of the molecule is C[C@@H]1CN(C(=S)NC2CC2)C[C@H](c2ccccc2)O1. The van der Waals surface area contributed by atoms with Gasteiger partial charge in [-0.15, -0.1) is 0 Å². The summed E-state index contributed by atoms with van der Waals surface area (Å²) in [6, 6.07) is 11.0. The van der Waals surface area contributed by atoms with Crippen molar-refractivity contribution >= 4 is 17.3 Å². The Labute approximate surface area is 119 Å². The lowest BCUT2D eigenvalue weighted by Gasteiger charge is -2.38. The van der Waals surface area contributed by atoms with E-state index in [1.54, 1.807) is 0 Å². The lowest BCUT2D eigenvalue weighted by Crippen LogP contribution is -2.50. The summed E-state index contributed by atoms with van der Waals surface area (Å²) in [6.45, 7) is 3.83. The second kappa shape index (κ2) is 5.47. The van der Waals surface area contributed by atoms with Crippen molar-refractivity contribution in [2.75, 3.05) is 13.1 Å². The molecule has 1 saturated heterocycles. The van der Waals surface area contributed by atoms with E-state index in [9.17, 15) is 0 Å². The van der Waals surface area contributed by atoms with Crippen LogP contribution in [0.2, 0.25) is 0 Å². The van der Waals surface area contributed by atoms with Gasteiger partial charge in [-0.1, -0.05) is 30.3 Å². The molecule has 1 aliphatic carbocycles. The molecule has 0 unspecified atom stereocenters. The number of hydrogen-bond donors (Lipinski definition) is 1. The fourth-order valence-corrected chi connectivity index (χ4v) is 2.78. The van der Waals surface area contributed by atoms with Crippen molar-refractivity contribution in [2.24, 2.45) is 0 Å². The molecule has 102 valence electrons. The topological polar surface area (TPSA) is 24.5 Å². The van der Waals surface area contributed by atoms with E-state index in [1.165, 1.54) is 18.4 Å². The minimum atomic E-state index is 0.115. The number of nitrogens with one attached hydrogen (secondary N) is 1. The standard InChI is InChI=1S/C15H20N2OS/c1-11-9-17(15(19)16-13-7-8-13)10-14(18-11)12-5-3-2-4-6-12/h2-6,11,13-14H,7-10H2,1H3,(H,16,19)/t11-,14-/m1/s1. The van der Waals surface area contributed by atoms with Gasteiger partial charge in [0.25, 0.3) is 0 Å². The number of ether oxygens (including phenoxy) is 1. The molecule has 1 aromatic rings. The van der Waals surface area contributed by atoms with E-state index in [2.05, 4.69) is 41.4 Å². The number of morpholine rings is 1. The van der Waals surface area contributed by atoms with Crippen LogP contribution in [0, 0.1) is 0 Å². The molecule has 4 heteroatoms. The zero-order valence-corrected chi connectivity index (χ0v) is 12.0. The minimum absolute atomic E-state index is 0.115. The van der Waals surface area contributed by atoms with Gasteiger partial charge < -0.3 is 15.0 Å². The quantitative estimate of drug-likeness (QED) is 0.839. The molecule has 2 aliphatic rings. The third-order valence-corrected chi connectivity index (χ3v) is 4.00. The van der Waals surface area contributed by atoms with Crippen molar-refractivity contribution in [3.05, 3.63) is 35.9 Å². The molecule has 1 aromatic carbocycles. The fourth-order valence-electron chi connectivity index (χ4n) is 2.46.